The molecule has 6 heteroatoms. The first kappa shape index (κ1) is 16.3. The number of rotatable bonds is 6. The Balaban J connectivity index is 2.01. The van der Waals surface area contributed by atoms with E-state index in [4.69, 9.17) is 0 Å². The first-order chi connectivity index (χ1) is 10.7. The van der Waals surface area contributed by atoms with Gasteiger partial charge in [-0.2, -0.15) is 11.3 Å². The van der Waals surface area contributed by atoms with Gasteiger partial charge in [-0.1, -0.05) is 6.07 Å². The summed E-state index contributed by atoms with van der Waals surface area (Å²) in [6.07, 6.45) is 1.81. The Kier molecular flexibility index (Phi) is 6.21. The van der Waals surface area contributed by atoms with Crippen molar-refractivity contribution in [3.05, 3.63) is 46.3 Å². The van der Waals surface area contributed by atoms with Crippen molar-refractivity contribution in [2.75, 3.05) is 25.5 Å². The van der Waals surface area contributed by atoms with Gasteiger partial charge in [-0.3, -0.25) is 0 Å². The van der Waals surface area contributed by atoms with E-state index in [0.29, 0.717) is 13.1 Å². The Morgan fingerprint density at radius 3 is 2.86 bits per heavy atom. The predicted octanol–water partition coefficient (Wildman–Crippen LogP) is 2.46. The fourth-order valence-electron chi connectivity index (χ4n) is 2.04. The quantitative estimate of drug-likeness (QED) is 0.635. The summed E-state index contributed by atoms with van der Waals surface area (Å²) in [5.74, 6) is 1.80. The number of nitrogens with zero attached hydrogens (tertiary/aromatic N) is 3. The molecule has 2 aromatic heterocycles. The van der Waals surface area contributed by atoms with E-state index >= 15 is 0 Å². The molecule has 22 heavy (non-hydrogen) atoms. The molecule has 0 amide bonds. The molecule has 0 atom stereocenters. The zero-order valence-corrected chi connectivity index (χ0v) is 14.2. The van der Waals surface area contributed by atoms with Crippen LogP contribution in [0.1, 0.15) is 18.1 Å². The highest BCUT2D eigenvalue weighted by atomic mass is 32.1. The topological polar surface area (TPSA) is 52.6 Å². The van der Waals surface area contributed by atoms with E-state index in [1.165, 1.54) is 5.56 Å². The molecule has 2 heterocycles. The average Bonchev–Trinajstić information content (AvgIpc) is 3.03. The summed E-state index contributed by atoms with van der Waals surface area (Å²) < 4.78 is 0. The molecule has 2 aromatic rings. The minimum Gasteiger partial charge on any atom is -0.362 e. The molecule has 0 aliphatic carbocycles. The van der Waals surface area contributed by atoms with Gasteiger partial charge in [0.15, 0.2) is 5.96 Å². The standard InChI is InChI=1S/C16H23N5S/c1-4-17-16(19-10-13-7-9-22-12-13)20-11-14-6-5-8-18-15(14)21(2)3/h5-9,12H,4,10-11H2,1-3H3,(H2,17,19,20). The Hall–Kier alpha value is -2.08. The van der Waals surface area contributed by atoms with Crippen molar-refractivity contribution >= 4 is 23.1 Å². The second kappa shape index (κ2) is 8.38. The predicted molar refractivity (Wildman–Crippen MR) is 94.5 cm³/mol. The number of pyridine rings is 1. The monoisotopic (exact) mass is 317 g/mol. The zero-order valence-electron chi connectivity index (χ0n) is 13.3. The lowest BCUT2D eigenvalue weighted by Gasteiger charge is -2.17. The van der Waals surface area contributed by atoms with Gasteiger partial charge < -0.3 is 15.5 Å². The third-order valence-corrected chi connectivity index (χ3v) is 3.81. The van der Waals surface area contributed by atoms with Crippen molar-refractivity contribution in [1.82, 2.24) is 15.6 Å². The van der Waals surface area contributed by atoms with Gasteiger partial charge >= 0.3 is 0 Å². The molecule has 2 N–H and O–H groups in total. The molecule has 0 radical (unpaired) electrons. The van der Waals surface area contributed by atoms with Crippen molar-refractivity contribution in [3.63, 3.8) is 0 Å². The number of anilines is 1. The lowest BCUT2D eigenvalue weighted by atomic mass is 10.2. The first-order valence-corrected chi connectivity index (χ1v) is 8.29. The van der Waals surface area contributed by atoms with Crippen molar-refractivity contribution in [2.45, 2.75) is 20.0 Å². The number of hydrogen-bond donors (Lipinski definition) is 2. The number of hydrogen-bond acceptors (Lipinski definition) is 4. The number of aromatic nitrogens is 1. The Labute approximate surface area is 136 Å². The molecule has 0 aliphatic heterocycles. The van der Waals surface area contributed by atoms with Crippen LogP contribution in [0.4, 0.5) is 5.82 Å². The number of aliphatic imine (C=N–C) groups is 1. The number of thiophene rings is 1. The lowest BCUT2D eigenvalue weighted by Crippen LogP contribution is -2.37. The number of guanidine groups is 1. The molecule has 118 valence electrons. The van der Waals surface area contributed by atoms with Crippen LogP contribution in [-0.4, -0.2) is 31.6 Å². The van der Waals surface area contributed by atoms with Crippen LogP contribution in [0.5, 0.6) is 0 Å². The molecule has 0 aliphatic rings. The third kappa shape index (κ3) is 4.73. The normalized spacial score (nSPS) is 11.3. The molecule has 0 aromatic carbocycles. The highest BCUT2D eigenvalue weighted by molar-refractivity contribution is 7.07. The SMILES string of the molecule is CCNC(=NCc1ccsc1)NCc1cccnc1N(C)C. The maximum Gasteiger partial charge on any atom is 0.191 e. The molecule has 0 fully saturated rings. The van der Waals surface area contributed by atoms with Gasteiger partial charge in [-0.25, -0.2) is 9.98 Å². The van der Waals surface area contributed by atoms with E-state index in [1.54, 1.807) is 11.3 Å². The van der Waals surface area contributed by atoms with Gasteiger partial charge in [0.1, 0.15) is 5.82 Å². The molecule has 2 rings (SSSR count). The van der Waals surface area contributed by atoms with Gasteiger partial charge in [0, 0.05) is 38.9 Å². The van der Waals surface area contributed by atoms with Crippen LogP contribution in [0, 0.1) is 0 Å². The van der Waals surface area contributed by atoms with Crippen LogP contribution >= 0.6 is 11.3 Å². The van der Waals surface area contributed by atoms with Gasteiger partial charge in [0.25, 0.3) is 0 Å². The molecule has 0 saturated carbocycles. The Morgan fingerprint density at radius 1 is 1.32 bits per heavy atom. The summed E-state index contributed by atoms with van der Waals surface area (Å²) in [6.45, 7) is 4.28. The van der Waals surface area contributed by atoms with Crippen molar-refractivity contribution < 1.29 is 0 Å². The van der Waals surface area contributed by atoms with E-state index in [2.05, 4.69) is 50.4 Å². The summed E-state index contributed by atoms with van der Waals surface area (Å²) in [4.78, 5) is 11.0. The maximum absolute atomic E-state index is 4.61. The minimum absolute atomic E-state index is 0.687. The van der Waals surface area contributed by atoms with Gasteiger partial charge in [-0.05, 0) is 35.4 Å². The summed E-state index contributed by atoms with van der Waals surface area (Å²) in [7, 11) is 4.00. The minimum atomic E-state index is 0.687. The Morgan fingerprint density at radius 2 is 2.18 bits per heavy atom. The van der Waals surface area contributed by atoms with Crippen molar-refractivity contribution in [1.29, 1.82) is 0 Å². The highest BCUT2D eigenvalue weighted by Gasteiger charge is 2.06. The molecule has 0 unspecified atom stereocenters. The molecule has 0 spiro atoms. The van der Waals surface area contributed by atoms with Gasteiger partial charge in [0.05, 0.1) is 6.54 Å². The fourth-order valence-corrected chi connectivity index (χ4v) is 2.70. The number of nitrogens with one attached hydrogen (secondary N) is 2. The summed E-state index contributed by atoms with van der Waals surface area (Å²) >= 11 is 1.70. The molecule has 5 nitrogen and oxygen atoms in total. The van der Waals surface area contributed by atoms with E-state index in [1.807, 2.05) is 31.3 Å². The van der Waals surface area contributed by atoms with Crippen LogP contribution in [0.2, 0.25) is 0 Å². The summed E-state index contributed by atoms with van der Waals surface area (Å²) in [5, 5.41) is 10.8. The van der Waals surface area contributed by atoms with Crippen molar-refractivity contribution in [2.24, 2.45) is 4.99 Å². The maximum atomic E-state index is 4.61. The van der Waals surface area contributed by atoms with Crippen molar-refractivity contribution in [3.8, 4) is 0 Å². The second-order valence-corrected chi connectivity index (χ2v) is 5.84. The van der Waals surface area contributed by atoms with Crippen LogP contribution in [0.3, 0.4) is 0 Å². The highest BCUT2D eigenvalue weighted by Crippen LogP contribution is 2.13. The van der Waals surface area contributed by atoms with E-state index in [-0.39, 0.29) is 0 Å². The van der Waals surface area contributed by atoms with E-state index in [9.17, 15) is 0 Å². The van der Waals surface area contributed by atoms with E-state index < -0.39 is 0 Å². The third-order valence-electron chi connectivity index (χ3n) is 3.08. The molecule has 0 bridgehead atoms. The second-order valence-electron chi connectivity index (χ2n) is 5.06. The van der Waals surface area contributed by atoms with E-state index in [0.717, 1.165) is 23.9 Å². The average molecular weight is 317 g/mol. The lowest BCUT2D eigenvalue weighted by molar-refractivity contribution is 0.810. The summed E-state index contributed by atoms with van der Waals surface area (Å²) in [5.41, 5.74) is 2.38. The van der Waals surface area contributed by atoms with Gasteiger partial charge in [-0.15, -0.1) is 0 Å². The Bertz CT molecular complexity index is 592. The zero-order chi connectivity index (χ0) is 15.8. The molecule has 0 saturated heterocycles. The first-order valence-electron chi connectivity index (χ1n) is 7.35. The van der Waals surface area contributed by atoms with Gasteiger partial charge in [0.2, 0.25) is 0 Å². The van der Waals surface area contributed by atoms with Crippen LogP contribution < -0.4 is 15.5 Å². The van der Waals surface area contributed by atoms with Crippen LogP contribution in [-0.2, 0) is 13.1 Å². The summed E-state index contributed by atoms with van der Waals surface area (Å²) in [6, 6.07) is 6.14. The smallest absolute Gasteiger partial charge is 0.191 e. The van der Waals surface area contributed by atoms with Crippen LogP contribution in [0.15, 0.2) is 40.1 Å². The molecular formula is C16H23N5S. The van der Waals surface area contributed by atoms with Crippen LogP contribution in [0.25, 0.3) is 0 Å². The molecular weight excluding hydrogens is 294 g/mol. The fraction of sp³-hybridized carbons (Fsp3) is 0.375. The largest absolute Gasteiger partial charge is 0.362 e.